The second kappa shape index (κ2) is 23.0. The molecule has 3 aliphatic heterocycles. The predicted octanol–water partition coefficient (Wildman–Crippen LogP) is -0.585. The molecule has 354 valence electrons. The summed E-state index contributed by atoms with van der Waals surface area (Å²) in [4.78, 5) is 47.5. The molecule has 0 spiro atoms. The van der Waals surface area contributed by atoms with Crippen molar-refractivity contribution >= 4 is 82.5 Å². The van der Waals surface area contributed by atoms with Crippen LogP contribution in [0.3, 0.4) is 0 Å². The molecule has 1 saturated heterocycles. The minimum absolute atomic E-state index is 0. The van der Waals surface area contributed by atoms with Gasteiger partial charge in [-0.05, 0) is 110 Å². The molecule has 0 aliphatic carbocycles. The van der Waals surface area contributed by atoms with Crippen LogP contribution in [0.15, 0.2) is 94.6 Å². The third-order valence-corrected chi connectivity index (χ3v) is 14.3. The number of fused-ring (bicyclic) bond motifs is 2. The van der Waals surface area contributed by atoms with Crippen LogP contribution in [0, 0.1) is 0 Å². The van der Waals surface area contributed by atoms with Crippen molar-refractivity contribution < 1.29 is 122 Å². The van der Waals surface area contributed by atoms with Gasteiger partial charge in [0, 0.05) is 54.1 Å². The summed E-state index contributed by atoms with van der Waals surface area (Å²) in [7, 11) is -13.8. The van der Waals surface area contributed by atoms with Crippen LogP contribution in [0.1, 0.15) is 94.9 Å². The number of hydrogen-bond acceptors (Lipinski definition) is 15. The smallest absolute Gasteiger partial charge is 0.748 e. The van der Waals surface area contributed by atoms with Crippen molar-refractivity contribution in [1.29, 1.82) is 0 Å². The van der Waals surface area contributed by atoms with Crippen LogP contribution in [0.25, 0.3) is 5.57 Å². The summed E-state index contributed by atoms with van der Waals surface area (Å²) in [5, 5.41) is 0.913. The van der Waals surface area contributed by atoms with Crippen LogP contribution < -0.4 is 68.6 Å². The number of carbonyl (C=O) groups is 3. The normalized spacial score (nSPS) is 17.3. The van der Waals surface area contributed by atoms with Crippen LogP contribution in [0.2, 0.25) is 5.02 Å². The Morgan fingerprint density at radius 2 is 1.51 bits per heavy atom. The second-order valence-corrected chi connectivity index (χ2v) is 22.2. The van der Waals surface area contributed by atoms with Gasteiger partial charge in [-0.3, -0.25) is 9.59 Å². The Balaban J connectivity index is 0.00000504. The van der Waals surface area contributed by atoms with Gasteiger partial charge in [-0.2, -0.15) is 0 Å². The van der Waals surface area contributed by atoms with Crippen molar-refractivity contribution in [3.8, 4) is 0 Å². The zero-order valence-electron chi connectivity index (χ0n) is 38.7. The third-order valence-electron chi connectivity index (χ3n) is 11.7. The number of hydroxylamine groups is 2. The largest absolute Gasteiger partial charge is 1.00 e. The van der Waals surface area contributed by atoms with Gasteiger partial charge in [0.2, 0.25) is 0 Å². The van der Waals surface area contributed by atoms with Crippen molar-refractivity contribution in [2.75, 3.05) is 23.0 Å². The van der Waals surface area contributed by atoms with Crippen LogP contribution in [-0.2, 0) is 73.4 Å². The number of aliphatic imine (C=N–C) groups is 1. The molecule has 3 aliphatic rings. The van der Waals surface area contributed by atoms with E-state index in [1.54, 1.807) is 21.7 Å². The monoisotopic (exact) mass is 1030 g/mol. The van der Waals surface area contributed by atoms with Crippen LogP contribution >= 0.6 is 11.6 Å². The molecule has 2 aromatic carbocycles. The van der Waals surface area contributed by atoms with E-state index in [-0.39, 0.29) is 104 Å². The van der Waals surface area contributed by atoms with Gasteiger partial charge in [0.05, 0.1) is 47.7 Å². The molecule has 0 saturated carbocycles. The van der Waals surface area contributed by atoms with Crippen molar-refractivity contribution in [3.63, 3.8) is 0 Å². The number of pyridine rings is 1. The maximum absolute atomic E-state index is 12.4. The Labute approximate surface area is 446 Å². The van der Waals surface area contributed by atoms with Gasteiger partial charge in [0.15, 0.2) is 5.71 Å². The molecule has 3 aromatic rings. The minimum atomic E-state index is -4.83. The van der Waals surface area contributed by atoms with E-state index < -0.39 is 75.4 Å². The molecule has 4 heterocycles. The minimum Gasteiger partial charge on any atom is -0.748 e. The fourth-order valence-corrected chi connectivity index (χ4v) is 9.94. The molecule has 1 aromatic heterocycles. The SMILES string of the molecule is CC1(C)C(/C=C/C(=C/C=C2/N(CCCS(=O)(=O)[O-])c3ccc(S(=O)(=O)[O-])cc3C2(C)C)c2cccc(CCCCC(=O)ON3C(=O)CCC3=O)c2)=Nc2c1cc(Cl)c[n+]2CCCS(=O)(=O)[O-].[Na+].[Na+]. The number of benzene rings is 2. The van der Waals surface area contributed by atoms with E-state index in [0.717, 1.165) is 16.7 Å². The Bertz CT molecular complexity index is 2920. The maximum Gasteiger partial charge on any atom is 1.00 e. The number of amides is 2. The van der Waals surface area contributed by atoms with Gasteiger partial charge in [-0.15, -0.1) is 5.06 Å². The first kappa shape index (κ1) is 57.5. The molecule has 0 bridgehead atoms. The van der Waals surface area contributed by atoms with Gasteiger partial charge in [0.1, 0.15) is 16.3 Å². The van der Waals surface area contributed by atoms with Gasteiger partial charge in [-0.1, -0.05) is 61.9 Å². The van der Waals surface area contributed by atoms with E-state index in [1.807, 2.05) is 76.3 Å². The number of anilines is 1. The van der Waals surface area contributed by atoms with Gasteiger partial charge >= 0.3 is 70.9 Å². The number of imide groups is 1. The number of nitrogens with zero attached hydrogens (tertiary/aromatic N) is 4. The maximum atomic E-state index is 12.4. The number of carbonyl (C=O) groups excluding carboxylic acids is 3. The molecule has 0 atom stereocenters. The molecule has 2 amide bonds. The molecule has 1 fully saturated rings. The number of halogens is 1. The fourth-order valence-electron chi connectivity index (χ4n) is 8.25. The fraction of sp³-hybridized carbons (Fsp3) is 0.400. The predicted molar refractivity (Wildman–Crippen MR) is 241 cm³/mol. The zero-order chi connectivity index (χ0) is 48.4. The Kier molecular flexibility index (Phi) is 19.4. The number of aromatic nitrogens is 1. The van der Waals surface area contributed by atoms with E-state index in [0.29, 0.717) is 63.4 Å². The van der Waals surface area contributed by atoms with E-state index in [4.69, 9.17) is 21.4 Å². The number of allylic oxidation sites excluding steroid dienone is 6. The first-order valence-corrected chi connectivity index (χ1v) is 26.0. The molecular weight excluding hydrogens is 982 g/mol. The number of unbranched alkanes of at least 4 members (excludes halogenated alkanes) is 1. The van der Waals surface area contributed by atoms with Crippen LogP contribution in [-0.4, -0.2) is 85.5 Å². The van der Waals surface area contributed by atoms with Crippen molar-refractivity contribution in [2.24, 2.45) is 4.99 Å². The standard InChI is InChI=1S/C45H51ClN4O13S3.2Na/c1-44(2)36-27-33(46)29-48(22-8-24-64(54,55)56)43(36)47-38(44)18-14-31(32-12-7-11-30(26-32)10-5-6-13-42(53)63-50-40(51)20-21-41(50)52)15-19-39-45(3,4)35-28-34(66(60,61)62)16-17-37(35)49(39)23-9-25-65(57,58)59;;/h7,11-12,14-19,26-29H,5-6,8-10,13,20-25H2,1-4H3,(H2-,54,55,56,57,58,59,60,61,62);;/q;2*+1/p-2. The summed E-state index contributed by atoms with van der Waals surface area (Å²) in [6.45, 7) is 7.84. The molecule has 0 radical (unpaired) electrons. The van der Waals surface area contributed by atoms with Gasteiger partial charge < -0.3 is 23.4 Å². The summed E-state index contributed by atoms with van der Waals surface area (Å²) in [5.41, 5.74) is 3.79. The Morgan fingerprint density at radius 1 is 0.853 bits per heavy atom. The van der Waals surface area contributed by atoms with Crippen molar-refractivity contribution in [2.45, 2.75) is 101 Å². The Hall–Kier alpha value is -3.09. The van der Waals surface area contributed by atoms with Crippen molar-refractivity contribution in [1.82, 2.24) is 5.06 Å². The first-order valence-electron chi connectivity index (χ1n) is 21.1. The third kappa shape index (κ3) is 14.3. The first-order chi connectivity index (χ1) is 30.7. The molecule has 6 rings (SSSR count). The second-order valence-electron chi connectivity index (χ2n) is 17.3. The molecule has 23 heteroatoms. The quantitative estimate of drug-likeness (QED) is 0.0364. The number of hydrogen-bond donors (Lipinski definition) is 0. The molecule has 0 unspecified atom stereocenters. The molecule has 68 heavy (non-hydrogen) atoms. The van der Waals surface area contributed by atoms with Crippen molar-refractivity contribution in [3.05, 3.63) is 112 Å². The summed E-state index contributed by atoms with van der Waals surface area (Å²) in [6, 6.07) is 13.4. The molecule has 0 N–H and O–H groups in total. The molecular formula is C45H49ClN4Na2O13S3. The number of aryl methyl sites for hydroxylation is 2. The topological polar surface area (TPSA) is 255 Å². The summed E-state index contributed by atoms with van der Waals surface area (Å²) in [5.74, 6) is -2.46. The average molecular weight is 1030 g/mol. The van der Waals surface area contributed by atoms with E-state index in [1.165, 1.54) is 18.2 Å². The summed E-state index contributed by atoms with van der Waals surface area (Å²) >= 11 is 6.53. The van der Waals surface area contributed by atoms with Gasteiger partial charge in [-0.25, -0.2) is 34.6 Å². The van der Waals surface area contributed by atoms with Gasteiger partial charge in [0.25, 0.3) is 11.8 Å². The average Bonchev–Trinajstić information content (AvgIpc) is 3.75. The zero-order valence-corrected chi connectivity index (χ0v) is 45.9. The van der Waals surface area contributed by atoms with E-state index in [9.17, 15) is 53.3 Å². The molecule has 17 nitrogen and oxygen atoms in total. The van der Waals surface area contributed by atoms with Crippen LogP contribution in [0.5, 0.6) is 0 Å². The van der Waals surface area contributed by atoms with E-state index >= 15 is 0 Å². The van der Waals surface area contributed by atoms with Crippen LogP contribution in [0.4, 0.5) is 11.5 Å². The number of rotatable bonds is 19. The Morgan fingerprint density at radius 3 is 2.16 bits per heavy atom. The summed E-state index contributed by atoms with van der Waals surface area (Å²) in [6.07, 6.45) is 10.5. The van der Waals surface area contributed by atoms with E-state index in [2.05, 4.69) is 0 Å². The summed E-state index contributed by atoms with van der Waals surface area (Å²) < 4.78 is 107.